The Kier molecular flexibility index (Phi) is 23.1. The second-order valence-corrected chi connectivity index (χ2v) is 20.9. The molecule has 0 aliphatic heterocycles. The van der Waals surface area contributed by atoms with E-state index in [0.29, 0.717) is 42.5 Å². The van der Waals surface area contributed by atoms with Crippen LogP contribution in [0.15, 0.2) is 71.9 Å². The van der Waals surface area contributed by atoms with Gasteiger partial charge in [0.15, 0.2) is 5.78 Å². The maximum absolute atomic E-state index is 13.1. The fourth-order valence-electron chi connectivity index (χ4n) is 7.03. The lowest BCUT2D eigenvalue weighted by Gasteiger charge is -2.45. The number of aliphatic hydroxyl groups excluding tert-OH is 1. The monoisotopic (exact) mass is 838 g/mol. The summed E-state index contributed by atoms with van der Waals surface area (Å²) in [6.07, 6.45) is 11.3. The van der Waals surface area contributed by atoms with Crippen molar-refractivity contribution in [2.75, 3.05) is 7.11 Å². The van der Waals surface area contributed by atoms with Gasteiger partial charge in [-0.3, -0.25) is 9.59 Å². The van der Waals surface area contributed by atoms with Crippen LogP contribution in [0.1, 0.15) is 106 Å². The van der Waals surface area contributed by atoms with Gasteiger partial charge in [-0.15, -0.1) is 6.58 Å². The SMILES string of the molecule is C=CC[C@H](C[C@H](O)CC(=O)O[C@@H](/C=C/I)[C@@H](C)/C=C/[C@H](C)C[C@@H](CCCC(=O)C=C)OCc1ccc(OC)cc1)O[Si](C(C)C)(C(C)C)C(C)C. The number of rotatable bonds is 27. The van der Waals surface area contributed by atoms with Crippen molar-refractivity contribution >= 4 is 42.7 Å². The minimum Gasteiger partial charge on any atom is -0.497 e. The maximum atomic E-state index is 13.1. The maximum Gasteiger partial charge on any atom is 0.309 e. The first-order chi connectivity index (χ1) is 24.1. The molecule has 0 radical (unpaired) electrons. The Morgan fingerprint density at radius 1 is 0.902 bits per heavy atom. The van der Waals surface area contributed by atoms with Crippen LogP contribution in [0.4, 0.5) is 0 Å². The van der Waals surface area contributed by atoms with E-state index in [1.165, 1.54) is 6.08 Å². The molecule has 1 aromatic carbocycles. The van der Waals surface area contributed by atoms with Crippen LogP contribution < -0.4 is 4.74 Å². The van der Waals surface area contributed by atoms with Gasteiger partial charge in [-0.25, -0.2) is 0 Å². The molecule has 1 aromatic rings. The number of benzene rings is 1. The van der Waals surface area contributed by atoms with Gasteiger partial charge in [0.2, 0.25) is 8.32 Å². The molecular weight excluding hydrogens is 771 g/mol. The number of methoxy groups -OCH3 is 1. The van der Waals surface area contributed by atoms with Gasteiger partial charge in [0, 0.05) is 12.3 Å². The van der Waals surface area contributed by atoms with Gasteiger partial charge in [0.25, 0.3) is 0 Å². The zero-order valence-electron chi connectivity index (χ0n) is 32.8. The summed E-state index contributed by atoms with van der Waals surface area (Å²) in [5.74, 6) is 0.501. The number of ketones is 1. The summed E-state index contributed by atoms with van der Waals surface area (Å²) in [6, 6.07) is 7.83. The van der Waals surface area contributed by atoms with E-state index in [1.807, 2.05) is 47.4 Å². The second-order valence-electron chi connectivity index (χ2n) is 14.7. The Labute approximate surface area is 324 Å². The van der Waals surface area contributed by atoms with Crippen LogP contribution in [0.3, 0.4) is 0 Å². The van der Waals surface area contributed by atoms with Crippen LogP contribution >= 0.6 is 22.6 Å². The highest BCUT2D eigenvalue weighted by Crippen LogP contribution is 2.43. The van der Waals surface area contributed by atoms with Gasteiger partial charge in [-0.1, -0.05) is 115 Å². The minimum atomic E-state index is -2.17. The number of carbonyl (C=O) groups is 2. The fraction of sp³-hybridized carbons (Fsp3) is 0.619. The Hall–Kier alpha value is -2.05. The lowest BCUT2D eigenvalue weighted by molar-refractivity contribution is -0.150. The molecule has 51 heavy (non-hydrogen) atoms. The summed E-state index contributed by atoms with van der Waals surface area (Å²) in [5, 5.41) is 11.0. The fourth-order valence-corrected chi connectivity index (χ4v) is 13.0. The molecule has 9 heteroatoms. The van der Waals surface area contributed by atoms with E-state index < -0.39 is 26.5 Å². The van der Waals surface area contributed by atoms with Crippen molar-refractivity contribution in [3.05, 3.63) is 77.4 Å². The highest BCUT2D eigenvalue weighted by molar-refractivity contribution is 14.1. The standard InChI is InChI=1S/C42H67IO7Si/c1-12-15-40(50-51(30(3)4,31(5)6)32(7)8)27-37(45)28-42(46)49-41(24-25-43)34(10)19-18-33(9)26-39(17-14-16-36(44)13-2)48-29-35-20-22-38(47-11)23-21-35/h12-13,18-25,30-34,37,39-41,45H,1-2,14-17,26-29H2,3-11H3/b19-18+,25-24+/t33-,34-,37-,39+,40+,41-/m0/s1. The van der Waals surface area contributed by atoms with Crippen molar-refractivity contribution in [2.24, 2.45) is 11.8 Å². The average molecular weight is 839 g/mol. The summed E-state index contributed by atoms with van der Waals surface area (Å²) in [4.78, 5) is 25.0. The summed E-state index contributed by atoms with van der Waals surface area (Å²) < 4.78 is 26.3. The highest BCUT2D eigenvalue weighted by Gasteiger charge is 2.46. The lowest BCUT2D eigenvalue weighted by Crippen LogP contribution is -2.50. The van der Waals surface area contributed by atoms with Crippen LogP contribution in [0.5, 0.6) is 5.75 Å². The number of ether oxygens (including phenoxy) is 3. The van der Waals surface area contributed by atoms with Crippen molar-refractivity contribution in [1.29, 1.82) is 0 Å². The van der Waals surface area contributed by atoms with Crippen molar-refractivity contribution in [3.8, 4) is 5.75 Å². The molecular formula is C42H67IO7Si. The van der Waals surface area contributed by atoms with E-state index in [0.717, 1.165) is 30.6 Å². The topological polar surface area (TPSA) is 91.3 Å². The van der Waals surface area contributed by atoms with Crippen molar-refractivity contribution in [1.82, 2.24) is 0 Å². The van der Waals surface area contributed by atoms with Crippen molar-refractivity contribution < 1.29 is 33.3 Å². The van der Waals surface area contributed by atoms with Gasteiger partial charge in [0.05, 0.1) is 38.4 Å². The Morgan fingerprint density at radius 3 is 2.06 bits per heavy atom. The van der Waals surface area contributed by atoms with E-state index in [-0.39, 0.29) is 36.2 Å². The van der Waals surface area contributed by atoms with Crippen LogP contribution in [-0.4, -0.2) is 56.7 Å². The Morgan fingerprint density at radius 2 is 1.53 bits per heavy atom. The summed E-state index contributed by atoms with van der Waals surface area (Å²) >= 11 is 2.14. The molecule has 6 atom stereocenters. The van der Waals surface area contributed by atoms with Crippen LogP contribution in [-0.2, 0) is 30.1 Å². The molecule has 0 bridgehead atoms. The van der Waals surface area contributed by atoms with Gasteiger partial charge < -0.3 is 23.7 Å². The minimum absolute atomic E-state index is 0.0349. The van der Waals surface area contributed by atoms with Crippen LogP contribution in [0.2, 0.25) is 16.6 Å². The molecule has 0 saturated heterocycles. The molecule has 7 nitrogen and oxygen atoms in total. The van der Waals surface area contributed by atoms with E-state index >= 15 is 0 Å². The summed E-state index contributed by atoms with van der Waals surface area (Å²) in [7, 11) is -0.529. The third kappa shape index (κ3) is 17.1. The van der Waals surface area contributed by atoms with E-state index in [2.05, 4.69) is 96.4 Å². The first-order valence-corrected chi connectivity index (χ1v) is 22.0. The zero-order valence-corrected chi connectivity index (χ0v) is 36.0. The quantitative estimate of drug-likeness (QED) is 0.0310. The Bertz CT molecular complexity index is 1200. The molecule has 0 aromatic heterocycles. The first-order valence-electron chi connectivity index (χ1n) is 18.6. The van der Waals surface area contributed by atoms with Crippen LogP contribution in [0, 0.1) is 11.8 Å². The number of esters is 1. The third-order valence-corrected chi connectivity index (χ3v) is 16.3. The number of hydrogen-bond donors (Lipinski definition) is 1. The number of carbonyl (C=O) groups excluding carboxylic acids is 2. The third-order valence-electron chi connectivity index (χ3n) is 9.69. The lowest BCUT2D eigenvalue weighted by atomic mass is 9.96. The molecule has 1 N–H and O–H groups in total. The molecule has 0 aliphatic carbocycles. The molecule has 0 aliphatic rings. The summed E-state index contributed by atoms with van der Waals surface area (Å²) in [5.41, 5.74) is 2.29. The highest BCUT2D eigenvalue weighted by atomic mass is 127. The van der Waals surface area contributed by atoms with E-state index in [1.54, 1.807) is 7.11 Å². The molecule has 0 heterocycles. The first kappa shape index (κ1) is 47.0. The predicted octanol–water partition coefficient (Wildman–Crippen LogP) is 10.9. The molecule has 0 saturated carbocycles. The molecule has 0 amide bonds. The Balaban J connectivity index is 2.89. The van der Waals surface area contributed by atoms with Crippen LogP contribution in [0.25, 0.3) is 0 Å². The molecule has 0 spiro atoms. The van der Waals surface area contributed by atoms with Gasteiger partial charge in [-0.05, 0) is 88.6 Å². The molecule has 0 unspecified atom stereocenters. The number of hydrogen-bond acceptors (Lipinski definition) is 7. The van der Waals surface area contributed by atoms with Crippen molar-refractivity contribution in [2.45, 2.75) is 148 Å². The zero-order chi connectivity index (χ0) is 38.6. The summed E-state index contributed by atoms with van der Waals surface area (Å²) in [6.45, 7) is 25.6. The number of halogens is 1. The van der Waals surface area contributed by atoms with Gasteiger partial charge in [0.1, 0.15) is 11.9 Å². The molecule has 0 fully saturated rings. The van der Waals surface area contributed by atoms with Crippen molar-refractivity contribution in [3.63, 3.8) is 0 Å². The van der Waals surface area contributed by atoms with Gasteiger partial charge >= 0.3 is 5.97 Å². The average Bonchev–Trinajstić information content (AvgIpc) is 3.07. The molecule has 1 rings (SSSR count). The smallest absolute Gasteiger partial charge is 0.309 e. The largest absolute Gasteiger partial charge is 0.497 e. The predicted molar refractivity (Wildman–Crippen MR) is 222 cm³/mol. The second kappa shape index (κ2) is 25.1. The van der Waals surface area contributed by atoms with Gasteiger partial charge in [-0.2, -0.15) is 0 Å². The van der Waals surface area contributed by atoms with E-state index in [4.69, 9.17) is 18.6 Å². The number of aliphatic hydroxyl groups is 1. The normalized spacial score (nSPS) is 16.0. The molecule has 288 valence electrons. The van der Waals surface area contributed by atoms with E-state index in [9.17, 15) is 14.7 Å². The number of allylic oxidation sites excluding steroid dienone is 2.